The maximum atomic E-state index is 5.79. The lowest BCUT2D eigenvalue weighted by atomic mass is 10.2. The van der Waals surface area contributed by atoms with E-state index in [1.165, 1.54) is 31.5 Å². The molecule has 0 spiro atoms. The van der Waals surface area contributed by atoms with Gasteiger partial charge in [0.2, 0.25) is 0 Å². The third kappa shape index (κ3) is 1.87. The molecule has 3 rings (SSSR count). The van der Waals surface area contributed by atoms with Crippen molar-refractivity contribution in [3.8, 4) is 11.5 Å². The number of rotatable bonds is 2. The van der Waals surface area contributed by atoms with Crippen LogP contribution >= 0.6 is 0 Å². The zero-order valence-corrected chi connectivity index (χ0v) is 9.61. The second-order valence-corrected chi connectivity index (χ2v) is 4.62. The number of hydrogen-bond acceptors (Lipinski definition) is 3. The lowest BCUT2D eigenvalue weighted by Gasteiger charge is -2.18. The van der Waals surface area contributed by atoms with E-state index in [2.05, 4.69) is 17.9 Å². The molecule has 0 aliphatic carbocycles. The van der Waals surface area contributed by atoms with E-state index in [0.29, 0.717) is 0 Å². The van der Waals surface area contributed by atoms with Crippen LogP contribution in [0, 0.1) is 6.92 Å². The summed E-state index contributed by atoms with van der Waals surface area (Å²) in [5.41, 5.74) is 1.21. The predicted octanol–water partition coefficient (Wildman–Crippen LogP) is 2.19. The van der Waals surface area contributed by atoms with E-state index in [-0.39, 0.29) is 6.29 Å². The molecule has 1 atom stereocenters. The topological polar surface area (TPSA) is 21.7 Å². The number of aryl methyl sites for hydroxylation is 1. The van der Waals surface area contributed by atoms with E-state index in [4.69, 9.17) is 9.47 Å². The van der Waals surface area contributed by atoms with E-state index in [0.717, 1.165) is 18.0 Å². The van der Waals surface area contributed by atoms with Crippen LogP contribution in [-0.2, 0) is 0 Å². The zero-order chi connectivity index (χ0) is 11.0. The van der Waals surface area contributed by atoms with Crippen molar-refractivity contribution in [1.29, 1.82) is 0 Å². The normalized spacial score (nSPS) is 23.9. The second-order valence-electron chi connectivity index (χ2n) is 4.62. The number of ether oxygens (including phenoxy) is 2. The van der Waals surface area contributed by atoms with Crippen LogP contribution in [0.4, 0.5) is 0 Å². The summed E-state index contributed by atoms with van der Waals surface area (Å²) in [6.45, 7) is 5.31. The Morgan fingerprint density at radius 3 is 2.75 bits per heavy atom. The van der Waals surface area contributed by atoms with Gasteiger partial charge < -0.3 is 9.47 Å². The summed E-state index contributed by atoms with van der Waals surface area (Å²) < 4.78 is 11.5. The van der Waals surface area contributed by atoms with Crippen molar-refractivity contribution >= 4 is 0 Å². The number of fused-ring (bicyclic) bond motifs is 1. The summed E-state index contributed by atoms with van der Waals surface area (Å²) in [7, 11) is 0. The van der Waals surface area contributed by atoms with Crippen LogP contribution in [0.25, 0.3) is 0 Å². The molecule has 0 bridgehead atoms. The molecule has 1 aromatic rings. The van der Waals surface area contributed by atoms with Crippen molar-refractivity contribution in [3.05, 3.63) is 23.8 Å². The molecule has 86 valence electrons. The van der Waals surface area contributed by atoms with Gasteiger partial charge in [-0.05, 0) is 50.6 Å². The molecule has 1 unspecified atom stereocenters. The third-order valence-electron chi connectivity index (χ3n) is 3.22. The fourth-order valence-electron chi connectivity index (χ4n) is 2.36. The van der Waals surface area contributed by atoms with E-state index in [9.17, 15) is 0 Å². The molecule has 3 heteroatoms. The van der Waals surface area contributed by atoms with Crippen LogP contribution in [0.1, 0.15) is 18.4 Å². The fourth-order valence-corrected chi connectivity index (χ4v) is 2.36. The number of hydrogen-bond donors (Lipinski definition) is 0. The van der Waals surface area contributed by atoms with Gasteiger partial charge in [-0.3, -0.25) is 4.90 Å². The maximum absolute atomic E-state index is 5.79. The Morgan fingerprint density at radius 2 is 1.94 bits per heavy atom. The Morgan fingerprint density at radius 1 is 1.19 bits per heavy atom. The maximum Gasteiger partial charge on any atom is 0.254 e. The first-order chi connectivity index (χ1) is 7.81. The van der Waals surface area contributed by atoms with Crippen molar-refractivity contribution in [2.75, 3.05) is 19.6 Å². The van der Waals surface area contributed by atoms with Gasteiger partial charge in [0.05, 0.1) is 6.54 Å². The first-order valence-electron chi connectivity index (χ1n) is 5.97. The van der Waals surface area contributed by atoms with Gasteiger partial charge in [0.15, 0.2) is 11.5 Å². The van der Waals surface area contributed by atoms with Gasteiger partial charge in [-0.2, -0.15) is 0 Å². The van der Waals surface area contributed by atoms with Crippen LogP contribution < -0.4 is 9.47 Å². The Balaban J connectivity index is 1.65. The lowest BCUT2D eigenvalue weighted by Crippen LogP contribution is -2.35. The molecule has 2 aliphatic heterocycles. The average molecular weight is 219 g/mol. The summed E-state index contributed by atoms with van der Waals surface area (Å²) in [6.07, 6.45) is 2.49. The SMILES string of the molecule is Cc1ccc2c(c1)OC(CN1CCCC1)O2. The van der Waals surface area contributed by atoms with Crippen LogP contribution in [0.5, 0.6) is 11.5 Å². The van der Waals surface area contributed by atoms with E-state index in [1.807, 2.05) is 12.1 Å². The van der Waals surface area contributed by atoms with E-state index in [1.54, 1.807) is 0 Å². The minimum Gasteiger partial charge on any atom is -0.450 e. The van der Waals surface area contributed by atoms with Crippen molar-refractivity contribution in [2.24, 2.45) is 0 Å². The molecule has 0 N–H and O–H groups in total. The summed E-state index contributed by atoms with van der Waals surface area (Å²) in [5, 5.41) is 0. The van der Waals surface area contributed by atoms with Gasteiger partial charge in [0.25, 0.3) is 6.29 Å². The highest BCUT2D eigenvalue weighted by atomic mass is 16.7. The molecular formula is C13H17NO2. The number of likely N-dealkylation sites (tertiary alicyclic amines) is 1. The van der Waals surface area contributed by atoms with Crippen LogP contribution in [0.3, 0.4) is 0 Å². The molecule has 1 aromatic carbocycles. The van der Waals surface area contributed by atoms with Crippen LogP contribution in [0.15, 0.2) is 18.2 Å². The van der Waals surface area contributed by atoms with Gasteiger partial charge in [-0.15, -0.1) is 0 Å². The van der Waals surface area contributed by atoms with Crippen LogP contribution in [-0.4, -0.2) is 30.8 Å². The highest BCUT2D eigenvalue weighted by molar-refractivity contribution is 5.44. The molecule has 2 aliphatic rings. The smallest absolute Gasteiger partial charge is 0.254 e. The van der Waals surface area contributed by atoms with E-state index < -0.39 is 0 Å². The molecule has 0 radical (unpaired) electrons. The minimum atomic E-state index is -0.116. The van der Waals surface area contributed by atoms with Gasteiger partial charge in [0.1, 0.15) is 0 Å². The van der Waals surface area contributed by atoms with Gasteiger partial charge in [-0.25, -0.2) is 0 Å². The summed E-state index contributed by atoms with van der Waals surface area (Å²) >= 11 is 0. The Kier molecular flexibility index (Phi) is 2.48. The fraction of sp³-hybridized carbons (Fsp3) is 0.538. The monoisotopic (exact) mass is 219 g/mol. The Bertz CT molecular complexity index is 386. The summed E-state index contributed by atoms with van der Waals surface area (Å²) in [6, 6.07) is 6.09. The lowest BCUT2D eigenvalue weighted by molar-refractivity contribution is 0.0209. The number of nitrogens with zero attached hydrogens (tertiary/aromatic N) is 1. The molecule has 2 heterocycles. The molecule has 16 heavy (non-hydrogen) atoms. The highest BCUT2D eigenvalue weighted by Gasteiger charge is 2.27. The van der Waals surface area contributed by atoms with Gasteiger partial charge in [-0.1, -0.05) is 6.07 Å². The van der Waals surface area contributed by atoms with Crippen molar-refractivity contribution in [2.45, 2.75) is 26.1 Å². The summed E-state index contributed by atoms with van der Waals surface area (Å²) in [4.78, 5) is 2.41. The molecular weight excluding hydrogens is 202 g/mol. The third-order valence-corrected chi connectivity index (χ3v) is 3.22. The molecule has 0 aromatic heterocycles. The van der Waals surface area contributed by atoms with E-state index >= 15 is 0 Å². The highest BCUT2D eigenvalue weighted by Crippen LogP contribution is 2.35. The van der Waals surface area contributed by atoms with Crippen molar-refractivity contribution in [3.63, 3.8) is 0 Å². The Hall–Kier alpha value is -1.22. The van der Waals surface area contributed by atoms with Crippen molar-refractivity contribution < 1.29 is 9.47 Å². The molecule has 1 saturated heterocycles. The standard InChI is InChI=1S/C13H17NO2/c1-10-4-5-11-12(8-10)16-13(15-11)9-14-6-2-3-7-14/h4-5,8,13H,2-3,6-7,9H2,1H3. The molecule has 0 saturated carbocycles. The van der Waals surface area contributed by atoms with Gasteiger partial charge >= 0.3 is 0 Å². The molecule has 3 nitrogen and oxygen atoms in total. The first-order valence-corrected chi connectivity index (χ1v) is 5.97. The zero-order valence-electron chi connectivity index (χ0n) is 9.61. The average Bonchev–Trinajstić information content (AvgIpc) is 2.86. The predicted molar refractivity (Wildman–Crippen MR) is 61.9 cm³/mol. The Labute approximate surface area is 96.0 Å². The van der Waals surface area contributed by atoms with Crippen molar-refractivity contribution in [1.82, 2.24) is 4.90 Å². The second kappa shape index (κ2) is 3.98. The first kappa shape index (κ1) is 9.97. The molecule has 0 amide bonds. The van der Waals surface area contributed by atoms with Gasteiger partial charge in [0, 0.05) is 0 Å². The molecule has 1 fully saturated rings. The summed E-state index contributed by atoms with van der Waals surface area (Å²) in [5.74, 6) is 1.78. The van der Waals surface area contributed by atoms with Crippen LogP contribution in [0.2, 0.25) is 0 Å². The quantitative estimate of drug-likeness (QED) is 0.761. The number of benzene rings is 1. The largest absolute Gasteiger partial charge is 0.450 e. The minimum absolute atomic E-state index is 0.116.